The maximum atomic E-state index is 12.5. The standard InChI is InChI=1S/C19H17BrN2O/c1-21-19(23)18-17-13-8-12(10-3-2-4-11(10)13)16(17)14-7-9(20)5-6-15(14)22-18/h2-3,5-7,10-13H,4,8H2,1H3,(H,21,23). The number of carbonyl (C=O) groups is 1. The second kappa shape index (κ2) is 4.67. The fraction of sp³-hybridized carbons (Fsp3) is 0.368. The molecule has 3 aliphatic carbocycles. The maximum absolute atomic E-state index is 12.5. The molecule has 1 aromatic carbocycles. The third-order valence-corrected chi connectivity index (χ3v) is 6.45. The van der Waals surface area contributed by atoms with E-state index < -0.39 is 0 Å². The second-order valence-corrected chi connectivity index (χ2v) is 7.80. The predicted molar refractivity (Wildman–Crippen MR) is 93.7 cm³/mol. The van der Waals surface area contributed by atoms with Gasteiger partial charge in [-0.05, 0) is 65.8 Å². The molecule has 0 saturated heterocycles. The summed E-state index contributed by atoms with van der Waals surface area (Å²) in [4.78, 5) is 17.2. The summed E-state index contributed by atoms with van der Waals surface area (Å²) in [6.07, 6.45) is 7.05. The van der Waals surface area contributed by atoms with E-state index in [-0.39, 0.29) is 5.91 Å². The van der Waals surface area contributed by atoms with Crippen LogP contribution >= 0.6 is 15.9 Å². The fourth-order valence-electron chi connectivity index (χ4n) is 5.15. The van der Waals surface area contributed by atoms with Gasteiger partial charge in [-0.15, -0.1) is 0 Å². The fourth-order valence-corrected chi connectivity index (χ4v) is 5.51. The van der Waals surface area contributed by atoms with Crippen LogP contribution in [0.1, 0.15) is 46.3 Å². The van der Waals surface area contributed by atoms with Gasteiger partial charge in [-0.1, -0.05) is 28.1 Å². The van der Waals surface area contributed by atoms with Crippen molar-refractivity contribution in [1.82, 2.24) is 10.3 Å². The highest BCUT2D eigenvalue weighted by atomic mass is 79.9. The minimum Gasteiger partial charge on any atom is -0.354 e. The lowest BCUT2D eigenvalue weighted by atomic mass is 9.76. The molecule has 0 aliphatic heterocycles. The molecule has 2 bridgehead atoms. The number of amides is 1. The monoisotopic (exact) mass is 368 g/mol. The van der Waals surface area contributed by atoms with Crippen LogP contribution in [0.5, 0.6) is 0 Å². The Bertz CT molecular complexity index is 889. The third kappa shape index (κ3) is 1.70. The first-order valence-electron chi connectivity index (χ1n) is 8.21. The van der Waals surface area contributed by atoms with Crippen LogP contribution in [0.4, 0.5) is 0 Å². The van der Waals surface area contributed by atoms with E-state index in [2.05, 4.69) is 39.5 Å². The number of benzene rings is 1. The topological polar surface area (TPSA) is 42.0 Å². The highest BCUT2D eigenvalue weighted by Gasteiger charge is 2.53. The van der Waals surface area contributed by atoms with Crippen LogP contribution in [0, 0.1) is 11.8 Å². The Labute approximate surface area is 143 Å². The van der Waals surface area contributed by atoms with Crippen LogP contribution in [-0.4, -0.2) is 17.9 Å². The molecule has 0 spiro atoms. The van der Waals surface area contributed by atoms with Crippen molar-refractivity contribution in [2.75, 3.05) is 7.05 Å². The van der Waals surface area contributed by atoms with Crippen molar-refractivity contribution in [2.45, 2.75) is 24.7 Å². The van der Waals surface area contributed by atoms with Crippen molar-refractivity contribution in [1.29, 1.82) is 0 Å². The van der Waals surface area contributed by atoms with Crippen LogP contribution in [0.25, 0.3) is 10.9 Å². The van der Waals surface area contributed by atoms with E-state index in [4.69, 9.17) is 4.98 Å². The zero-order valence-electron chi connectivity index (χ0n) is 12.8. The van der Waals surface area contributed by atoms with E-state index in [1.165, 1.54) is 22.9 Å². The van der Waals surface area contributed by atoms with Crippen LogP contribution < -0.4 is 5.32 Å². The number of nitrogens with zero attached hydrogens (tertiary/aromatic N) is 1. The molecule has 1 saturated carbocycles. The van der Waals surface area contributed by atoms with Crippen molar-refractivity contribution in [3.05, 3.63) is 51.6 Å². The summed E-state index contributed by atoms with van der Waals surface area (Å²) in [6, 6.07) is 6.18. The molecule has 0 radical (unpaired) electrons. The lowest BCUT2D eigenvalue weighted by Crippen LogP contribution is -2.26. The molecule has 1 N–H and O–H groups in total. The van der Waals surface area contributed by atoms with Gasteiger partial charge in [-0.2, -0.15) is 0 Å². The number of carbonyl (C=O) groups excluding carboxylic acids is 1. The normalized spacial score (nSPS) is 29.8. The summed E-state index contributed by atoms with van der Waals surface area (Å²) in [7, 11) is 1.69. The van der Waals surface area contributed by atoms with Gasteiger partial charge in [0.15, 0.2) is 0 Å². The molecule has 23 heavy (non-hydrogen) atoms. The Balaban J connectivity index is 1.85. The molecular formula is C19H17BrN2O. The molecule has 4 unspecified atom stereocenters. The summed E-state index contributed by atoms with van der Waals surface area (Å²) in [5, 5.41) is 4.00. The number of nitrogens with one attached hydrogen (secondary N) is 1. The molecule has 5 rings (SSSR count). The highest BCUT2D eigenvalue weighted by Crippen LogP contribution is 2.64. The van der Waals surface area contributed by atoms with Gasteiger partial charge in [0.25, 0.3) is 5.91 Å². The first-order chi connectivity index (χ1) is 11.2. The molecule has 1 fully saturated rings. The van der Waals surface area contributed by atoms with Crippen molar-refractivity contribution in [2.24, 2.45) is 11.8 Å². The first kappa shape index (κ1) is 13.7. The first-order valence-corrected chi connectivity index (χ1v) is 9.00. The van der Waals surface area contributed by atoms with Crippen LogP contribution in [0.2, 0.25) is 0 Å². The molecule has 2 aromatic rings. The number of hydrogen-bond donors (Lipinski definition) is 1. The SMILES string of the molecule is CNC(=O)c1nc2ccc(Br)cc2c2c1C1CC2C2C=CCC12. The number of rotatable bonds is 1. The molecule has 116 valence electrons. The molecule has 1 amide bonds. The average Bonchev–Trinajstić information content (AvgIpc) is 3.24. The smallest absolute Gasteiger partial charge is 0.269 e. The molecule has 1 aromatic heterocycles. The Hall–Kier alpha value is -1.68. The number of hydrogen-bond acceptors (Lipinski definition) is 2. The molecule has 3 aliphatic rings. The zero-order chi connectivity index (χ0) is 15.7. The van der Waals surface area contributed by atoms with Gasteiger partial charge < -0.3 is 5.32 Å². The zero-order valence-corrected chi connectivity index (χ0v) is 14.4. The van der Waals surface area contributed by atoms with E-state index in [0.29, 0.717) is 29.4 Å². The van der Waals surface area contributed by atoms with Crippen LogP contribution in [0.15, 0.2) is 34.8 Å². The molecule has 4 heteroatoms. The lowest BCUT2D eigenvalue weighted by Gasteiger charge is -2.29. The second-order valence-electron chi connectivity index (χ2n) is 6.88. The summed E-state index contributed by atoms with van der Waals surface area (Å²) in [5.74, 6) is 2.29. The van der Waals surface area contributed by atoms with Crippen molar-refractivity contribution >= 4 is 32.7 Å². The number of allylic oxidation sites excluding steroid dienone is 2. The van der Waals surface area contributed by atoms with Crippen molar-refractivity contribution < 1.29 is 4.79 Å². The van der Waals surface area contributed by atoms with E-state index >= 15 is 0 Å². The Morgan fingerprint density at radius 1 is 1.30 bits per heavy atom. The highest BCUT2D eigenvalue weighted by molar-refractivity contribution is 9.10. The Morgan fingerprint density at radius 3 is 3.00 bits per heavy atom. The summed E-state index contributed by atoms with van der Waals surface area (Å²) >= 11 is 3.59. The van der Waals surface area contributed by atoms with Crippen LogP contribution in [0.3, 0.4) is 0 Å². The maximum Gasteiger partial charge on any atom is 0.269 e. The van der Waals surface area contributed by atoms with E-state index in [1.54, 1.807) is 7.05 Å². The summed E-state index contributed by atoms with van der Waals surface area (Å²) in [5.41, 5.74) is 4.18. The van der Waals surface area contributed by atoms with Gasteiger partial charge in [0.2, 0.25) is 0 Å². The summed E-state index contributed by atoms with van der Waals surface area (Å²) < 4.78 is 1.07. The van der Waals surface area contributed by atoms with Crippen LogP contribution in [-0.2, 0) is 0 Å². The number of aromatic nitrogens is 1. The van der Waals surface area contributed by atoms with Gasteiger partial charge in [0.05, 0.1) is 5.52 Å². The minimum absolute atomic E-state index is 0.0545. The molecule has 1 heterocycles. The largest absolute Gasteiger partial charge is 0.354 e. The molecule has 4 atom stereocenters. The number of halogens is 1. The number of fused-ring (bicyclic) bond motifs is 10. The van der Waals surface area contributed by atoms with Gasteiger partial charge in [0.1, 0.15) is 5.69 Å². The molecular weight excluding hydrogens is 352 g/mol. The Morgan fingerprint density at radius 2 is 2.17 bits per heavy atom. The van der Waals surface area contributed by atoms with E-state index in [0.717, 1.165) is 16.4 Å². The van der Waals surface area contributed by atoms with Gasteiger partial charge in [0, 0.05) is 16.9 Å². The van der Waals surface area contributed by atoms with Gasteiger partial charge in [-0.3, -0.25) is 4.79 Å². The number of pyridine rings is 1. The van der Waals surface area contributed by atoms with E-state index in [9.17, 15) is 4.79 Å². The average molecular weight is 369 g/mol. The minimum atomic E-state index is -0.0545. The third-order valence-electron chi connectivity index (χ3n) is 5.96. The lowest BCUT2D eigenvalue weighted by molar-refractivity contribution is 0.0956. The van der Waals surface area contributed by atoms with Gasteiger partial charge in [-0.25, -0.2) is 4.98 Å². The van der Waals surface area contributed by atoms with Gasteiger partial charge >= 0.3 is 0 Å². The quantitative estimate of drug-likeness (QED) is 0.768. The van der Waals surface area contributed by atoms with Crippen molar-refractivity contribution in [3.8, 4) is 0 Å². The van der Waals surface area contributed by atoms with E-state index in [1.807, 2.05) is 12.1 Å². The Kier molecular flexibility index (Phi) is 2.79. The predicted octanol–water partition coefficient (Wildman–Crippen LogP) is 4.13. The van der Waals surface area contributed by atoms with Crippen molar-refractivity contribution in [3.63, 3.8) is 0 Å². The summed E-state index contributed by atoms with van der Waals surface area (Å²) in [6.45, 7) is 0. The molecule has 3 nitrogen and oxygen atoms in total.